The number of hydrogen-bond donors (Lipinski definition) is 1. The van der Waals surface area contributed by atoms with Crippen molar-refractivity contribution in [2.75, 3.05) is 39.0 Å². The molecule has 0 bridgehead atoms. The van der Waals surface area contributed by atoms with Gasteiger partial charge in [-0.3, -0.25) is 9.59 Å². The number of piperidine rings is 1. The van der Waals surface area contributed by atoms with Gasteiger partial charge in [0.05, 0.1) is 0 Å². The van der Waals surface area contributed by atoms with Crippen LogP contribution in [0.3, 0.4) is 0 Å². The van der Waals surface area contributed by atoms with Crippen molar-refractivity contribution in [3.63, 3.8) is 0 Å². The first kappa shape index (κ1) is 14.8. The summed E-state index contributed by atoms with van der Waals surface area (Å²) in [5, 5.41) is 2.95. The maximum absolute atomic E-state index is 12.6. The summed E-state index contributed by atoms with van der Waals surface area (Å²) in [7, 11) is 3.65. The van der Waals surface area contributed by atoms with Gasteiger partial charge in [0.15, 0.2) is 0 Å². The molecule has 2 aliphatic rings. The van der Waals surface area contributed by atoms with Gasteiger partial charge in [-0.2, -0.15) is 0 Å². The van der Waals surface area contributed by atoms with E-state index in [0.717, 1.165) is 32.5 Å². The molecule has 6 nitrogen and oxygen atoms in total. The molecular weight excluding hydrogens is 280 g/mol. The van der Waals surface area contributed by atoms with Crippen LogP contribution in [0.25, 0.3) is 0 Å². The van der Waals surface area contributed by atoms with Gasteiger partial charge in [-0.1, -0.05) is 0 Å². The normalized spacial score (nSPS) is 20.5. The van der Waals surface area contributed by atoms with E-state index in [4.69, 9.17) is 0 Å². The first-order chi connectivity index (χ1) is 10.5. The number of nitrogens with zero attached hydrogens (tertiary/aromatic N) is 3. The third kappa shape index (κ3) is 2.65. The van der Waals surface area contributed by atoms with Crippen molar-refractivity contribution in [1.82, 2.24) is 14.8 Å². The van der Waals surface area contributed by atoms with Gasteiger partial charge < -0.3 is 15.1 Å². The van der Waals surface area contributed by atoms with Gasteiger partial charge in [-0.05, 0) is 25.0 Å². The Hall–Kier alpha value is -2.11. The molecule has 2 fully saturated rings. The SMILES string of the molecule is CNc1cc(C(=O)N2CCC3(CC2)CC(=O)N(C)C3)ccn1. The maximum atomic E-state index is 12.6. The van der Waals surface area contributed by atoms with Gasteiger partial charge in [0.1, 0.15) is 5.82 Å². The van der Waals surface area contributed by atoms with Crippen LogP contribution in [-0.4, -0.2) is 60.3 Å². The van der Waals surface area contributed by atoms with Gasteiger partial charge in [0, 0.05) is 57.3 Å². The predicted molar refractivity (Wildman–Crippen MR) is 83.6 cm³/mol. The van der Waals surface area contributed by atoms with E-state index in [0.29, 0.717) is 17.8 Å². The molecule has 1 N–H and O–H groups in total. The molecule has 0 aliphatic carbocycles. The molecule has 0 unspecified atom stereocenters. The Morgan fingerprint density at radius 2 is 2.09 bits per heavy atom. The molecule has 3 heterocycles. The molecule has 3 rings (SSSR count). The molecule has 0 aromatic carbocycles. The first-order valence-corrected chi connectivity index (χ1v) is 7.70. The largest absolute Gasteiger partial charge is 0.373 e. The zero-order valence-corrected chi connectivity index (χ0v) is 13.1. The van der Waals surface area contributed by atoms with E-state index in [2.05, 4.69) is 10.3 Å². The molecule has 2 aliphatic heterocycles. The number of amides is 2. The van der Waals surface area contributed by atoms with Crippen molar-refractivity contribution in [1.29, 1.82) is 0 Å². The number of carbonyl (C=O) groups excluding carboxylic acids is 2. The second-order valence-electron chi connectivity index (χ2n) is 6.40. The molecule has 1 aromatic rings. The summed E-state index contributed by atoms with van der Waals surface area (Å²) in [5.41, 5.74) is 0.742. The zero-order chi connectivity index (χ0) is 15.7. The van der Waals surface area contributed by atoms with Crippen LogP contribution in [-0.2, 0) is 4.79 Å². The molecule has 2 saturated heterocycles. The molecule has 0 radical (unpaired) electrons. The zero-order valence-electron chi connectivity index (χ0n) is 13.1. The molecule has 118 valence electrons. The number of carbonyl (C=O) groups is 2. The molecular formula is C16H22N4O2. The summed E-state index contributed by atoms with van der Waals surface area (Å²) in [6.45, 7) is 2.27. The lowest BCUT2D eigenvalue weighted by molar-refractivity contribution is -0.126. The number of nitrogens with one attached hydrogen (secondary N) is 1. The van der Waals surface area contributed by atoms with Crippen LogP contribution >= 0.6 is 0 Å². The van der Waals surface area contributed by atoms with Crippen LogP contribution in [0.4, 0.5) is 5.82 Å². The smallest absolute Gasteiger partial charge is 0.254 e. The van der Waals surface area contributed by atoms with Gasteiger partial charge in [-0.25, -0.2) is 4.98 Å². The lowest BCUT2D eigenvalue weighted by Gasteiger charge is -2.38. The Kier molecular flexibility index (Phi) is 3.76. The minimum Gasteiger partial charge on any atom is -0.373 e. The highest BCUT2D eigenvalue weighted by molar-refractivity contribution is 5.95. The highest BCUT2D eigenvalue weighted by atomic mass is 16.2. The lowest BCUT2D eigenvalue weighted by Crippen LogP contribution is -2.44. The van der Waals surface area contributed by atoms with E-state index >= 15 is 0 Å². The van der Waals surface area contributed by atoms with Crippen LogP contribution in [0.1, 0.15) is 29.6 Å². The Balaban J connectivity index is 1.66. The number of anilines is 1. The van der Waals surface area contributed by atoms with Crippen molar-refractivity contribution in [3.05, 3.63) is 23.9 Å². The minimum atomic E-state index is 0.0476. The molecule has 1 spiro atoms. The number of aromatic nitrogens is 1. The fourth-order valence-corrected chi connectivity index (χ4v) is 3.50. The van der Waals surface area contributed by atoms with Crippen LogP contribution in [0.5, 0.6) is 0 Å². The standard InChI is InChI=1S/C16H22N4O2/c1-17-13-9-12(3-6-18-13)15(22)20-7-4-16(5-8-20)10-14(21)19(2)11-16/h3,6,9H,4-5,7-8,10-11H2,1-2H3,(H,17,18). The fourth-order valence-electron chi connectivity index (χ4n) is 3.50. The summed E-state index contributed by atoms with van der Waals surface area (Å²) >= 11 is 0. The van der Waals surface area contributed by atoms with Gasteiger partial charge in [-0.15, -0.1) is 0 Å². The number of hydrogen-bond acceptors (Lipinski definition) is 4. The van der Waals surface area contributed by atoms with Gasteiger partial charge >= 0.3 is 0 Å². The molecule has 22 heavy (non-hydrogen) atoms. The van der Waals surface area contributed by atoms with Crippen molar-refractivity contribution in [2.24, 2.45) is 5.41 Å². The lowest BCUT2D eigenvalue weighted by atomic mass is 9.77. The Labute approximate surface area is 130 Å². The molecule has 6 heteroatoms. The quantitative estimate of drug-likeness (QED) is 0.892. The molecule has 0 saturated carbocycles. The number of pyridine rings is 1. The second-order valence-corrected chi connectivity index (χ2v) is 6.40. The van der Waals surface area contributed by atoms with E-state index in [1.165, 1.54) is 0 Å². The first-order valence-electron chi connectivity index (χ1n) is 7.70. The minimum absolute atomic E-state index is 0.0476. The Bertz CT molecular complexity index is 594. The van der Waals surface area contributed by atoms with E-state index in [1.54, 1.807) is 25.4 Å². The van der Waals surface area contributed by atoms with Crippen LogP contribution < -0.4 is 5.32 Å². The summed E-state index contributed by atoms with van der Waals surface area (Å²) in [4.78, 5) is 32.2. The van der Waals surface area contributed by atoms with Crippen LogP contribution in [0.2, 0.25) is 0 Å². The van der Waals surface area contributed by atoms with Gasteiger partial charge in [0.2, 0.25) is 5.91 Å². The van der Waals surface area contributed by atoms with E-state index in [-0.39, 0.29) is 17.2 Å². The van der Waals surface area contributed by atoms with E-state index in [9.17, 15) is 9.59 Å². The van der Waals surface area contributed by atoms with E-state index in [1.807, 2.05) is 16.8 Å². The monoisotopic (exact) mass is 302 g/mol. The molecule has 0 atom stereocenters. The summed E-state index contributed by atoms with van der Waals surface area (Å²) in [6, 6.07) is 3.53. The number of rotatable bonds is 2. The Morgan fingerprint density at radius 3 is 2.68 bits per heavy atom. The molecule has 1 aromatic heterocycles. The fraction of sp³-hybridized carbons (Fsp3) is 0.562. The third-order valence-electron chi connectivity index (χ3n) is 4.90. The second kappa shape index (κ2) is 5.59. The highest BCUT2D eigenvalue weighted by Gasteiger charge is 2.44. The van der Waals surface area contributed by atoms with Crippen molar-refractivity contribution >= 4 is 17.6 Å². The topological polar surface area (TPSA) is 65.5 Å². The van der Waals surface area contributed by atoms with Gasteiger partial charge in [0.25, 0.3) is 5.91 Å². The van der Waals surface area contributed by atoms with Crippen molar-refractivity contribution < 1.29 is 9.59 Å². The summed E-state index contributed by atoms with van der Waals surface area (Å²) in [5.74, 6) is 0.973. The summed E-state index contributed by atoms with van der Waals surface area (Å²) < 4.78 is 0. The van der Waals surface area contributed by atoms with Crippen LogP contribution in [0, 0.1) is 5.41 Å². The maximum Gasteiger partial charge on any atom is 0.254 e. The average Bonchev–Trinajstić information content (AvgIpc) is 2.81. The predicted octanol–water partition coefficient (Wildman–Crippen LogP) is 1.21. The van der Waals surface area contributed by atoms with E-state index < -0.39 is 0 Å². The van der Waals surface area contributed by atoms with Crippen LogP contribution in [0.15, 0.2) is 18.3 Å². The summed E-state index contributed by atoms with van der Waals surface area (Å²) in [6.07, 6.45) is 4.08. The molecule has 2 amide bonds. The van der Waals surface area contributed by atoms with Crippen molar-refractivity contribution in [2.45, 2.75) is 19.3 Å². The highest BCUT2D eigenvalue weighted by Crippen LogP contribution is 2.40. The number of likely N-dealkylation sites (tertiary alicyclic amines) is 2. The average molecular weight is 302 g/mol. The van der Waals surface area contributed by atoms with Crippen molar-refractivity contribution in [3.8, 4) is 0 Å². The Morgan fingerprint density at radius 1 is 1.36 bits per heavy atom. The third-order valence-corrected chi connectivity index (χ3v) is 4.90.